The third kappa shape index (κ3) is 4.06. The molecule has 0 radical (unpaired) electrons. The molecule has 0 spiro atoms. The lowest BCUT2D eigenvalue weighted by molar-refractivity contribution is -0.127. The molecule has 1 aromatic heterocycles. The Bertz CT molecular complexity index is 834. The lowest BCUT2D eigenvalue weighted by atomic mass is 9.94. The number of benzene rings is 1. The minimum atomic E-state index is -1.01. The van der Waals surface area contributed by atoms with E-state index in [1.54, 1.807) is 23.6 Å². The molecule has 1 atom stereocenters. The summed E-state index contributed by atoms with van der Waals surface area (Å²) in [5, 5.41) is 8.51. The van der Waals surface area contributed by atoms with Gasteiger partial charge in [0.2, 0.25) is 5.91 Å². The molecule has 2 saturated carbocycles. The molecule has 2 aromatic rings. The summed E-state index contributed by atoms with van der Waals surface area (Å²) in [6.45, 7) is 0. The van der Waals surface area contributed by atoms with Crippen molar-refractivity contribution in [1.29, 1.82) is 0 Å². The van der Waals surface area contributed by atoms with Crippen LogP contribution in [0.5, 0.6) is 0 Å². The van der Waals surface area contributed by atoms with Gasteiger partial charge >= 0.3 is 0 Å². The number of aromatic nitrogens is 2. The number of hydrogen-bond donors (Lipinski definition) is 1. The maximum atomic E-state index is 14.7. The SMILES string of the molecule is O=C(NC1CCCCC1)C(c1ccccc1F)N(C(=O)c1csnn1)C1CC1. The van der Waals surface area contributed by atoms with E-state index in [1.165, 1.54) is 17.4 Å². The second-order valence-corrected chi connectivity index (χ2v) is 8.11. The fourth-order valence-electron chi connectivity index (χ4n) is 3.88. The monoisotopic (exact) mass is 402 g/mol. The molecule has 1 unspecified atom stereocenters. The highest BCUT2D eigenvalue weighted by atomic mass is 32.1. The predicted octanol–water partition coefficient (Wildman–Crippen LogP) is 3.47. The Balaban J connectivity index is 1.67. The van der Waals surface area contributed by atoms with Crippen LogP contribution in [0.15, 0.2) is 29.6 Å². The Morgan fingerprint density at radius 3 is 2.54 bits per heavy atom. The molecule has 1 N–H and O–H groups in total. The number of carbonyl (C=O) groups excluding carboxylic acids is 2. The van der Waals surface area contributed by atoms with Gasteiger partial charge in [0.15, 0.2) is 5.69 Å². The number of nitrogens with zero attached hydrogens (tertiary/aromatic N) is 3. The summed E-state index contributed by atoms with van der Waals surface area (Å²) in [6, 6.07) is 5.17. The van der Waals surface area contributed by atoms with Crippen molar-refractivity contribution in [2.75, 3.05) is 0 Å². The fourth-order valence-corrected chi connectivity index (χ4v) is 4.31. The second kappa shape index (κ2) is 8.34. The number of carbonyl (C=O) groups is 2. The van der Waals surface area contributed by atoms with Gasteiger partial charge in [-0.2, -0.15) is 0 Å². The molecule has 4 rings (SSSR count). The van der Waals surface area contributed by atoms with Crippen molar-refractivity contribution in [3.63, 3.8) is 0 Å². The average Bonchev–Trinajstić information content (AvgIpc) is 3.39. The van der Waals surface area contributed by atoms with Crippen LogP contribution in [-0.2, 0) is 4.79 Å². The van der Waals surface area contributed by atoms with Gasteiger partial charge in [-0.05, 0) is 43.3 Å². The van der Waals surface area contributed by atoms with Crippen molar-refractivity contribution in [2.24, 2.45) is 0 Å². The summed E-state index contributed by atoms with van der Waals surface area (Å²) in [5.74, 6) is -1.18. The molecule has 2 aliphatic carbocycles. The summed E-state index contributed by atoms with van der Waals surface area (Å²) < 4.78 is 18.4. The zero-order valence-corrected chi connectivity index (χ0v) is 16.3. The third-order valence-electron chi connectivity index (χ3n) is 5.43. The highest BCUT2D eigenvalue weighted by Crippen LogP contribution is 2.37. The van der Waals surface area contributed by atoms with Crippen LogP contribution in [0.4, 0.5) is 4.39 Å². The first kappa shape index (κ1) is 19.0. The first-order valence-corrected chi connectivity index (χ1v) is 10.6. The Labute approximate surface area is 167 Å². The van der Waals surface area contributed by atoms with Crippen molar-refractivity contribution in [3.05, 3.63) is 46.7 Å². The molecule has 28 heavy (non-hydrogen) atoms. The highest BCUT2D eigenvalue weighted by molar-refractivity contribution is 7.03. The van der Waals surface area contributed by atoms with Gasteiger partial charge in [0.25, 0.3) is 5.91 Å². The van der Waals surface area contributed by atoms with Gasteiger partial charge < -0.3 is 10.2 Å². The van der Waals surface area contributed by atoms with E-state index in [0.29, 0.717) is 0 Å². The minimum Gasteiger partial charge on any atom is -0.351 e. The zero-order valence-electron chi connectivity index (χ0n) is 15.5. The number of amides is 2. The molecule has 0 aliphatic heterocycles. The van der Waals surface area contributed by atoms with Crippen LogP contribution in [0, 0.1) is 5.82 Å². The molecule has 6 nitrogen and oxygen atoms in total. The van der Waals surface area contributed by atoms with Crippen LogP contribution < -0.4 is 5.32 Å². The van der Waals surface area contributed by atoms with E-state index in [4.69, 9.17) is 0 Å². The molecule has 148 valence electrons. The van der Waals surface area contributed by atoms with Crippen LogP contribution >= 0.6 is 11.5 Å². The van der Waals surface area contributed by atoms with E-state index >= 15 is 0 Å². The maximum Gasteiger partial charge on any atom is 0.276 e. The topological polar surface area (TPSA) is 75.2 Å². The van der Waals surface area contributed by atoms with Gasteiger partial charge in [-0.1, -0.05) is 41.9 Å². The van der Waals surface area contributed by atoms with Gasteiger partial charge in [0.1, 0.15) is 11.9 Å². The molecular weight excluding hydrogens is 379 g/mol. The number of halogens is 1. The summed E-state index contributed by atoms with van der Waals surface area (Å²) in [4.78, 5) is 28.0. The van der Waals surface area contributed by atoms with Gasteiger partial charge in [-0.15, -0.1) is 5.10 Å². The molecule has 8 heteroatoms. The zero-order chi connectivity index (χ0) is 19.5. The third-order valence-corrected chi connectivity index (χ3v) is 5.94. The van der Waals surface area contributed by atoms with Crippen molar-refractivity contribution in [3.8, 4) is 0 Å². The van der Waals surface area contributed by atoms with E-state index in [9.17, 15) is 14.0 Å². The smallest absolute Gasteiger partial charge is 0.276 e. The maximum absolute atomic E-state index is 14.7. The van der Waals surface area contributed by atoms with E-state index in [1.807, 2.05) is 0 Å². The number of hydrogen-bond acceptors (Lipinski definition) is 5. The fraction of sp³-hybridized carbons (Fsp3) is 0.500. The lowest BCUT2D eigenvalue weighted by Crippen LogP contribution is -2.48. The number of rotatable bonds is 6. The van der Waals surface area contributed by atoms with Gasteiger partial charge in [0, 0.05) is 23.0 Å². The first-order chi connectivity index (χ1) is 13.6. The summed E-state index contributed by atoms with van der Waals surface area (Å²) in [6.07, 6.45) is 6.75. The van der Waals surface area contributed by atoms with Crippen LogP contribution in [0.3, 0.4) is 0 Å². The molecule has 1 aromatic carbocycles. The van der Waals surface area contributed by atoms with Gasteiger partial charge in [0.05, 0.1) is 0 Å². The van der Waals surface area contributed by atoms with Crippen molar-refractivity contribution in [2.45, 2.75) is 63.1 Å². The van der Waals surface area contributed by atoms with Crippen LogP contribution in [-0.4, -0.2) is 38.4 Å². The van der Waals surface area contributed by atoms with E-state index in [-0.39, 0.29) is 35.2 Å². The van der Waals surface area contributed by atoms with Crippen molar-refractivity contribution in [1.82, 2.24) is 19.8 Å². The van der Waals surface area contributed by atoms with E-state index in [2.05, 4.69) is 14.9 Å². The second-order valence-electron chi connectivity index (χ2n) is 7.50. The van der Waals surface area contributed by atoms with Crippen LogP contribution in [0.2, 0.25) is 0 Å². The van der Waals surface area contributed by atoms with Gasteiger partial charge in [-0.3, -0.25) is 9.59 Å². The first-order valence-electron chi connectivity index (χ1n) is 9.79. The van der Waals surface area contributed by atoms with Gasteiger partial charge in [-0.25, -0.2) is 4.39 Å². The quantitative estimate of drug-likeness (QED) is 0.803. The Hall–Kier alpha value is -2.35. The molecule has 0 bridgehead atoms. The Kier molecular flexibility index (Phi) is 5.66. The summed E-state index contributed by atoms with van der Waals surface area (Å²) >= 11 is 1.08. The van der Waals surface area contributed by atoms with E-state index in [0.717, 1.165) is 50.1 Å². The molecule has 1 heterocycles. The largest absolute Gasteiger partial charge is 0.351 e. The Morgan fingerprint density at radius 2 is 1.89 bits per heavy atom. The lowest BCUT2D eigenvalue weighted by Gasteiger charge is -2.33. The standard InChI is InChI=1S/C20H23FN4O2S/c21-16-9-5-4-8-15(16)18(19(26)22-13-6-2-1-3-7-13)25(14-10-11-14)20(27)17-12-28-24-23-17/h4-5,8-9,12-14,18H,1-3,6-7,10-11H2,(H,22,26). The molecule has 2 amide bonds. The minimum absolute atomic E-state index is 0.0765. The Morgan fingerprint density at radius 1 is 1.14 bits per heavy atom. The highest BCUT2D eigenvalue weighted by Gasteiger charge is 2.43. The van der Waals surface area contributed by atoms with Crippen molar-refractivity contribution < 1.29 is 14.0 Å². The van der Waals surface area contributed by atoms with Crippen molar-refractivity contribution >= 4 is 23.3 Å². The molecule has 0 saturated heterocycles. The summed E-state index contributed by atoms with van der Waals surface area (Å²) in [5.41, 5.74) is 0.419. The summed E-state index contributed by atoms with van der Waals surface area (Å²) in [7, 11) is 0. The number of nitrogens with one attached hydrogen (secondary N) is 1. The predicted molar refractivity (Wildman–Crippen MR) is 103 cm³/mol. The van der Waals surface area contributed by atoms with Crippen LogP contribution in [0.1, 0.15) is 67.0 Å². The molecular formula is C20H23FN4O2S. The molecule has 2 aliphatic rings. The normalized spacial score (nSPS) is 18.5. The van der Waals surface area contributed by atoms with E-state index < -0.39 is 11.9 Å². The van der Waals surface area contributed by atoms with Crippen LogP contribution in [0.25, 0.3) is 0 Å². The average molecular weight is 402 g/mol. The molecule has 2 fully saturated rings.